The molecule has 2 rings (SSSR count). The fraction of sp³-hybridized carbons (Fsp3) is 0.600. The number of aliphatic hydroxyl groups is 1. The van der Waals surface area contributed by atoms with Gasteiger partial charge in [0.15, 0.2) is 6.23 Å². The molecule has 0 amide bonds. The molecule has 3 N–H and O–H groups in total. The molecule has 0 aliphatic carbocycles. The van der Waals surface area contributed by atoms with Gasteiger partial charge in [-0.3, -0.25) is 4.57 Å². The van der Waals surface area contributed by atoms with Gasteiger partial charge in [0, 0.05) is 12.6 Å². The van der Waals surface area contributed by atoms with Crippen LogP contribution in [0, 0.1) is 0 Å². The van der Waals surface area contributed by atoms with E-state index >= 15 is 0 Å². The third-order valence-corrected chi connectivity index (χ3v) is 2.74. The summed E-state index contributed by atoms with van der Waals surface area (Å²) >= 11 is 0. The van der Waals surface area contributed by atoms with Crippen molar-refractivity contribution >= 4 is 5.82 Å². The number of alkyl halides is 1. The van der Waals surface area contributed by atoms with E-state index in [1.165, 1.54) is 19.2 Å². The lowest BCUT2D eigenvalue weighted by molar-refractivity contribution is -0.0641. The van der Waals surface area contributed by atoms with Crippen LogP contribution in [0.1, 0.15) is 19.6 Å². The van der Waals surface area contributed by atoms with Gasteiger partial charge < -0.3 is 15.6 Å². The highest BCUT2D eigenvalue weighted by atomic mass is 19.1. The summed E-state index contributed by atoms with van der Waals surface area (Å²) in [7, 11) is 0. The van der Waals surface area contributed by atoms with E-state index < -0.39 is 30.3 Å². The predicted octanol–water partition coefficient (Wildman–Crippen LogP) is -0.168. The summed E-state index contributed by atoms with van der Waals surface area (Å²) < 4.78 is 20.1. The molecule has 1 aromatic heterocycles. The van der Waals surface area contributed by atoms with Gasteiger partial charge in [-0.05, 0) is 13.0 Å². The van der Waals surface area contributed by atoms with Crippen molar-refractivity contribution in [1.29, 1.82) is 0 Å². The van der Waals surface area contributed by atoms with E-state index in [0.717, 1.165) is 4.57 Å². The lowest BCUT2D eigenvalue weighted by Gasteiger charge is -2.17. The van der Waals surface area contributed by atoms with Gasteiger partial charge in [-0.2, -0.15) is 4.98 Å². The van der Waals surface area contributed by atoms with Crippen LogP contribution in [-0.2, 0) is 4.74 Å². The maximum absolute atomic E-state index is 13.7. The molecule has 0 bridgehead atoms. The minimum Gasteiger partial charge on any atom is -0.391 e. The number of rotatable bonds is 2. The van der Waals surface area contributed by atoms with Crippen LogP contribution in [0.2, 0.25) is 0 Å². The summed E-state index contributed by atoms with van der Waals surface area (Å²) in [6, 6.07) is 1.40. The first-order valence-corrected chi connectivity index (χ1v) is 5.31. The van der Waals surface area contributed by atoms with Gasteiger partial charge in [-0.1, -0.05) is 0 Å². The molecule has 94 valence electrons. The highest BCUT2D eigenvalue weighted by molar-refractivity contribution is 5.23. The fourth-order valence-electron chi connectivity index (χ4n) is 1.83. The van der Waals surface area contributed by atoms with Crippen molar-refractivity contribution in [3.05, 3.63) is 22.7 Å². The minimum atomic E-state index is -1.35. The Hall–Kier alpha value is -1.47. The molecule has 0 radical (unpaired) electrons. The Morgan fingerprint density at radius 3 is 3.00 bits per heavy atom. The number of hydrogen-bond acceptors (Lipinski definition) is 5. The lowest BCUT2D eigenvalue weighted by atomic mass is 10.1. The Balaban J connectivity index is 2.26. The van der Waals surface area contributed by atoms with Crippen LogP contribution in [0.15, 0.2) is 17.1 Å². The van der Waals surface area contributed by atoms with E-state index in [-0.39, 0.29) is 12.2 Å². The lowest BCUT2D eigenvalue weighted by Crippen LogP contribution is -2.31. The van der Waals surface area contributed by atoms with Gasteiger partial charge in [0.25, 0.3) is 0 Å². The molecule has 0 aromatic carbocycles. The first-order chi connectivity index (χ1) is 7.99. The molecule has 1 aliphatic rings. The van der Waals surface area contributed by atoms with E-state index in [4.69, 9.17) is 10.5 Å². The minimum absolute atomic E-state index is 0.0547. The maximum atomic E-state index is 13.7. The molecular weight excluding hydrogens is 229 g/mol. The second-order valence-corrected chi connectivity index (χ2v) is 4.10. The molecule has 1 fully saturated rings. The van der Waals surface area contributed by atoms with E-state index in [0.29, 0.717) is 0 Å². The molecule has 0 spiro atoms. The van der Waals surface area contributed by atoms with E-state index in [1.54, 1.807) is 0 Å². The Kier molecular flexibility index (Phi) is 3.12. The number of nitrogen functional groups attached to an aromatic ring is 1. The van der Waals surface area contributed by atoms with Crippen molar-refractivity contribution in [3.8, 4) is 0 Å². The standard InChI is InChI=1S/C10H14FN3O3/c1-5(15)7-4-6(11)9(17-7)14-3-2-8(12)13-10(14)16/h2-3,5-7,9,15H,4H2,1H3,(H2,12,13,16). The van der Waals surface area contributed by atoms with Gasteiger partial charge >= 0.3 is 5.69 Å². The van der Waals surface area contributed by atoms with Crippen molar-refractivity contribution in [2.75, 3.05) is 5.73 Å². The third-order valence-electron chi connectivity index (χ3n) is 2.74. The highest BCUT2D eigenvalue weighted by Crippen LogP contribution is 2.31. The largest absolute Gasteiger partial charge is 0.391 e. The smallest absolute Gasteiger partial charge is 0.351 e. The van der Waals surface area contributed by atoms with Gasteiger partial charge in [0.05, 0.1) is 12.2 Å². The zero-order valence-corrected chi connectivity index (χ0v) is 9.28. The van der Waals surface area contributed by atoms with Crippen LogP contribution in [-0.4, -0.2) is 33.0 Å². The van der Waals surface area contributed by atoms with E-state index in [9.17, 15) is 14.3 Å². The van der Waals surface area contributed by atoms with Crippen LogP contribution in [0.5, 0.6) is 0 Å². The quantitative estimate of drug-likeness (QED) is 0.752. The van der Waals surface area contributed by atoms with Crippen LogP contribution >= 0.6 is 0 Å². The second kappa shape index (κ2) is 4.42. The molecule has 4 unspecified atom stereocenters. The third kappa shape index (κ3) is 2.29. The summed E-state index contributed by atoms with van der Waals surface area (Å²) in [4.78, 5) is 15.0. The fourth-order valence-corrected chi connectivity index (χ4v) is 1.83. The second-order valence-electron chi connectivity index (χ2n) is 4.10. The SMILES string of the molecule is CC(O)C1CC(F)C(n2ccc(N)nc2=O)O1. The zero-order chi connectivity index (χ0) is 12.6. The van der Waals surface area contributed by atoms with Crippen LogP contribution in [0.3, 0.4) is 0 Å². The number of aliphatic hydroxyl groups excluding tert-OH is 1. The predicted molar refractivity (Wildman–Crippen MR) is 58.0 cm³/mol. The van der Waals surface area contributed by atoms with Crippen molar-refractivity contribution in [2.45, 2.75) is 38.0 Å². The van der Waals surface area contributed by atoms with E-state index in [2.05, 4.69) is 4.98 Å². The molecule has 6 nitrogen and oxygen atoms in total. The molecule has 4 atom stereocenters. The monoisotopic (exact) mass is 243 g/mol. The van der Waals surface area contributed by atoms with Crippen molar-refractivity contribution in [2.24, 2.45) is 0 Å². The molecule has 1 saturated heterocycles. The number of aromatic nitrogens is 2. The molecule has 1 aromatic rings. The Morgan fingerprint density at radius 1 is 1.76 bits per heavy atom. The number of anilines is 1. The molecule has 0 saturated carbocycles. The zero-order valence-electron chi connectivity index (χ0n) is 9.28. The van der Waals surface area contributed by atoms with Gasteiger partial charge in [0.2, 0.25) is 0 Å². The van der Waals surface area contributed by atoms with Crippen LogP contribution in [0.25, 0.3) is 0 Å². The summed E-state index contributed by atoms with van der Waals surface area (Å²) in [5.74, 6) is 0.0757. The summed E-state index contributed by atoms with van der Waals surface area (Å²) in [6.07, 6.45) is -2.39. The average molecular weight is 243 g/mol. The van der Waals surface area contributed by atoms with Gasteiger partial charge in [0.1, 0.15) is 12.0 Å². The number of nitrogens with zero attached hydrogens (tertiary/aromatic N) is 2. The normalized spacial score (nSPS) is 30.4. The highest BCUT2D eigenvalue weighted by Gasteiger charge is 2.39. The topological polar surface area (TPSA) is 90.4 Å². The summed E-state index contributed by atoms with van der Waals surface area (Å²) in [5.41, 5.74) is 4.67. The Labute approximate surface area is 96.8 Å². The molecule has 2 heterocycles. The van der Waals surface area contributed by atoms with E-state index in [1.807, 2.05) is 0 Å². The molecule has 7 heteroatoms. The average Bonchev–Trinajstić information content (AvgIpc) is 2.61. The molecule has 17 heavy (non-hydrogen) atoms. The first-order valence-electron chi connectivity index (χ1n) is 5.31. The number of halogens is 1. The maximum Gasteiger partial charge on any atom is 0.351 e. The number of ether oxygens (including phenoxy) is 1. The van der Waals surface area contributed by atoms with Crippen LogP contribution < -0.4 is 11.4 Å². The Bertz CT molecular complexity index is 462. The first kappa shape index (κ1) is 12.0. The Morgan fingerprint density at radius 2 is 2.47 bits per heavy atom. The van der Waals surface area contributed by atoms with Crippen molar-refractivity contribution in [1.82, 2.24) is 9.55 Å². The molecular formula is C10H14FN3O3. The van der Waals surface area contributed by atoms with Crippen molar-refractivity contribution < 1.29 is 14.2 Å². The van der Waals surface area contributed by atoms with Crippen LogP contribution in [0.4, 0.5) is 10.2 Å². The number of nitrogens with two attached hydrogens (primary N) is 1. The molecule has 1 aliphatic heterocycles. The van der Waals surface area contributed by atoms with Gasteiger partial charge in [-0.15, -0.1) is 0 Å². The summed E-state index contributed by atoms with van der Waals surface area (Å²) in [5, 5.41) is 9.33. The number of hydrogen-bond donors (Lipinski definition) is 2. The van der Waals surface area contributed by atoms with Gasteiger partial charge in [-0.25, -0.2) is 9.18 Å². The summed E-state index contributed by atoms with van der Waals surface area (Å²) in [6.45, 7) is 1.52. The van der Waals surface area contributed by atoms with Crippen molar-refractivity contribution in [3.63, 3.8) is 0 Å².